The highest BCUT2D eigenvalue weighted by molar-refractivity contribution is 14.0. The molecule has 0 atom stereocenters. The van der Waals surface area contributed by atoms with Crippen LogP contribution >= 0.6 is 24.0 Å². The SMILES string of the molecule is I.NC(=NCc1cccc(CN2CCCC2=O)c1)NC1CCCC1. The molecule has 3 rings (SSSR count). The van der Waals surface area contributed by atoms with Crippen LogP contribution in [0.15, 0.2) is 29.3 Å². The number of nitrogens with zero attached hydrogens (tertiary/aromatic N) is 2. The molecule has 24 heavy (non-hydrogen) atoms. The molecule has 1 saturated carbocycles. The minimum absolute atomic E-state index is 0. The van der Waals surface area contributed by atoms with E-state index in [1.165, 1.54) is 25.7 Å². The fraction of sp³-hybridized carbons (Fsp3) is 0.556. The van der Waals surface area contributed by atoms with Crippen LogP contribution in [0.1, 0.15) is 49.7 Å². The molecule has 1 aliphatic heterocycles. The maximum Gasteiger partial charge on any atom is 0.222 e. The van der Waals surface area contributed by atoms with Gasteiger partial charge in [-0.15, -0.1) is 24.0 Å². The number of hydrogen-bond acceptors (Lipinski definition) is 2. The van der Waals surface area contributed by atoms with E-state index in [1.54, 1.807) is 0 Å². The van der Waals surface area contributed by atoms with Crippen molar-refractivity contribution in [2.75, 3.05) is 6.54 Å². The van der Waals surface area contributed by atoms with Gasteiger partial charge in [-0.1, -0.05) is 37.1 Å². The molecule has 1 aromatic carbocycles. The molecule has 0 unspecified atom stereocenters. The Kier molecular flexibility index (Phi) is 7.33. The molecule has 0 spiro atoms. The van der Waals surface area contributed by atoms with E-state index in [4.69, 9.17) is 5.73 Å². The minimum Gasteiger partial charge on any atom is -0.370 e. The number of amides is 1. The average molecular weight is 442 g/mol. The number of halogens is 1. The van der Waals surface area contributed by atoms with Gasteiger partial charge in [0.15, 0.2) is 5.96 Å². The van der Waals surface area contributed by atoms with E-state index in [-0.39, 0.29) is 29.9 Å². The summed E-state index contributed by atoms with van der Waals surface area (Å²) < 4.78 is 0. The van der Waals surface area contributed by atoms with Crippen LogP contribution in [-0.2, 0) is 17.9 Å². The predicted octanol–water partition coefficient (Wildman–Crippen LogP) is 2.77. The molecule has 0 bridgehead atoms. The molecule has 3 N–H and O–H groups in total. The molecule has 5 nitrogen and oxygen atoms in total. The molecule has 1 aromatic rings. The Morgan fingerprint density at radius 1 is 1.25 bits per heavy atom. The first kappa shape index (κ1) is 19.0. The van der Waals surface area contributed by atoms with Crippen LogP contribution in [0.2, 0.25) is 0 Å². The van der Waals surface area contributed by atoms with Gasteiger partial charge < -0.3 is 16.0 Å². The van der Waals surface area contributed by atoms with Gasteiger partial charge in [-0.3, -0.25) is 4.79 Å². The smallest absolute Gasteiger partial charge is 0.222 e. The third-order valence-corrected chi connectivity index (χ3v) is 4.68. The third kappa shape index (κ3) is 5.36. The summed E-state index contributed by atoms with van der Waals surface area (Å²) in [4.78, 5) is 18.1. The Hall–Kier alpha value is -1.31. The van der Waals surface area contributed by atoms with Crippen molar-refractivity contribution in [2.24, 2.45) is 10.7 Å². The Labute approximate surface area is 161 Å². The zero-order valence-corrected chi connectivity index (χ0v) is 16.4. The number of nitrogens with two attached hydrogens (primary N) is 1. The van der Waals surface area contributed by atoms with E-state index >= 15 is 0 Å². The number of likely N-dealkylation sites (tertiary alicyclic amines) is 1. The first-order chi connectivity index (χ1) is 11.2. The summed E-state index contributed by atoms with van der Waals surface area (Å²) >= 11 is 0. The molecule has 1 amide bonds. The van der Waals surface area contributed by atoms with E-state index in [2.05, 4.69) is 28.5 Å². The molecule has 132 valence electrons. The molecule has 1 aliphatic carbocycles. The lowest BCUT2D eigenvalue weighted by Gasteiger charge is -2.16. The second kappa shape index (κ2) is 9.25. The number of carbonyl (C=O) groups is 1. The third-order valence-electron chi connectivity index (χ3n) is 4.68. The van der Waals surface area contributed by atoms with E-state index in [1.807, 2.05) is 11.0 Å². The number of carbonyl (C=O) groups excluding carboxylic acids is 1. The number of hydrogen-bond donors (Lipinski definition) is 2. The fourth-order valence-corrected chi connectivity index (χ4v) is 3.42. The van der Waals surface area contributed by atoms with E-state index in [0.717, 1.165) is 24.1 Å². The molecule has 1 heterocycles. The van der Waals surface area contributed by atoms with Crippen LogP contribution in [0.4, 0.5) is 0 Å². The standard InChI is InChI=1S/C18H26N4O.HI/c19-18(21-16-7-1-2-8-16)20-12-14-5-3-6-15(11-14)13-22-10-4-9-17(22)23;/h3,5-6,11,16H,1-2,4,7-10,12-13H2,(H3,19,20,21);1H. The first-order valence-corrected chi connectivity index (χ1v) is 8.63. The van der Waals surface area contributed by atoms with Crippen molar-refractivity contribution in [2.45, 2.75) is 57.7 Å². The Morgan fingerprint density at radius 3 is 2.71 bits per heavy atom. The summed E-state index contributed by atoms with van der Waals surface area (Å²) in [6, 6.07) is 8.77. The highest BCUT2D eigenvalue weighted by Gasteiger charge is 2.20. The van der Waals surface area contributed by atoms with Crippen LogP contribution in [0, 0.1) is 0 Å². The fourth-order valence-electron chi connectivity index (χ4n) is 3.42. The quantitative estimate of drug-likeness (QED) is 0.419. The first-order valence-electron chi connectivity index (χ1n) is 8.63. The van der Waals surface area contributed by atoms with Crippen LogP contribution in [0.5, 0.6) is 0 Å². The van der Waals surface area contributed by atoms with Crippen LogP contribution in [0.25, 0.3) is 0 Å². The number of nitrogens with one attached hydrogen (secondary N) is 1. The maximum atomic E-state index is 11.7. The summed E-state index contributed by atoms with van der Waals surface area (Å²) in [6.07, 6.45) is 6.61. The molecule has 2 fully saturated rings. The molecular formula is C18H27IN4O. The van der Waals surface area contributed by atoms with Crippen LogP contribution in [0.3, 0.4) is 0 Å². The highest BCUT2D eigenvalue weighted by atomic mass is 127. The summed E-state index contributed by atoms with van der Waals surface area (Å²) in [5, 5.41) is 3.30. The average Bonchev–Trinajstić information content (AvgIpc) is 3.18. The summed E-state index contributed by atoms with van der Waals surface area (Å²) in [7, 11) is 0. The lowest BCUT2D eigenvalue weighted by atomic mass is 10.1. The van der Waals surface area contributed by atoms with Gasteiger partial charge in [-0.25, -0.2) is 4.99 Å². The van der Waals surface area contributed by atoms with Crippen molar-refractivity contribution in [3.63, 3.8) is 0 Å². The minimum atomic E-state index is 0. The monoisotopic (exact) mass is 442 g/mol. The summed E-state index contributed by atoms with van der Waals surface area (Å²) in [6.45, 7) is 2.15. The van der Waals surface area contributed by atoms with Gasteiger partial charge in [0.05, 0.1) is 6.54 Å². The normalized spacial score (nSPS) is 18.8. The summed E-state index contributed by atoms with van der Waals surface area (Å²) in [5.41, 5.74) is 8.27. The molecule has 1 saturated heterocycles. The van der Waals surface area contributed by atoms with Crippen molar-refractivity contribution in [1.29, 1.82) is 0 Å². The van der Waals surface area contributed by atoms with Gasteiger partial charge in [0, 0.05) is 25.6 Å². The van der Waals surface area contributed by atoms with Crippen LogP contribution < -0.4 is 11.1 Å². The largest absolute Gasteiger partial charge is 0.370 e. The Balaban J connectivity index is 0.00000208. The molecule has 2 aliphatic rings. The maximum absolute atomic E-state index is 11.7. The zero-order valence-electron chi connectivity index (χ0n) is 14.0. The van der Waals surface area contributed by atoms with Gasteiger partial charge in [-0.05, 0) is 30.4 Å². The van der Waals surface area contributed by atoms with Gasteiger partial charge in [0.1, 0.15) is 0 Å². The lowest BCUT2D eigenvalue weighted by molar-refractivity contribution is -0.128. The van der Waals surface area contributed by atoms with Gasteiger partial charge in [-0.2, -0.15) is 0 Å². The molecule has 0 aromatic heterocycles. The number of guanidine groups is 1. The van der Waals surface area contributed by atoms with Gasteiger partial charge in [0.2, 0.25) is 5.91 Å². The lowest BCUT2D eigenvalue weighted by Crippen LogP contribution is -2.38. The second-order valence-electron chi connectivity index (χ2n) is 6.57. The van der Waals surface area contributed by atoms with Crippen molar-refractivity contribution in [1.82, 2.24) is 10.2 Å². The van der Waals surface area contributed by atoms with Crippen LogP contribution in [-0.4, -0.2) is 29.4 Å². The summed E-state index contributed by atoms with van der Waals surface area (Å²) in [5.74, 6) is 0.801. The Morgan fingerprint density at radius 2 is 2.00 bits per heavy atom. The zero-order chi connectivity index (χ0) is 16.1. The molecule has 6 heteroatoms. The van der Waals surface area contributed by atoms with Crippen molar-refractivity contribution in [3.05, 3.63) is 35.4 Å². The van der Waals surface area contributed by atoms with E-state index in [0.29, 0.717) is 31.5 Å². The van der Waals surface area contributed by atoms with Crippen molar-refractivity contribution < 1.29 is 4.79 Å². The second-order valence-corrected chi connectivity index (χ2v) is 6.57. The number of benzene rings is 1. The number of rotatable bonds is 5. The van der Waals surface area contributed by atoms with Crippen molar-refractivity contribution in [3.8, 4) is 0 Å². The van der Waals surface area contributed by atoms with E-state index < -0.39 is 0 Å². The number of aliphatic imine (C=N–C) groups is 1. The predicted molar refractivity (Wildman–Crippen MR) is 107 cm³/mol. The Bertz CT molecular complexity index is 584. The topological polar surface area (TPSA) is 70.7 Å². The van der Waals surface area contributed by atoms with Gasteiger partial charge in [0.25, 0.3) is 0 Å². The van der Waals surface area contributed by atoms with Gasteiger partial charge >= 0.3 is 0 Å². The molecular weight excluding hydrogens is 415 g/mol. The highest BCUT2D eigenvalue weighted by Crippen LogP contribution is 2.17. The van der Waals surface area contributed by atoms with E-state index in [9.17, 15) is 4.79 Å². The van der Waals surface area contributed by atoms with Crippen molar-refractivity contribution >= 4 is 35.8 Å². The molecule has 0 radical (unpaired) electrons.